The molecule has 94 valence electrons. The Morgan fingerprint density at radius 2 is 1.94 bits per heavy atom. The monoisotopic (exact) mass is 264 g/mol. The second kappa shape index (κ2) is 5.48. The number of hydrazine groups is 1. The fraction of sp³-hybridized carbons (Fsp3) is 0.143. The van der Waals surface area contributed by atoms with E-state index in [2.05, 4.69) is 5.43 Å². The molecule has 0 aliphatic rings. The van der Waals surface area contributed by atoms with Crippen LogP contribution in [0.2, 0.25) is 5.02 Å². The summed E-state index contributed by atoms with van der Waals surface area (Å²) < 4.78 is 13.8. The Balaban J connectivity index is 2.48. The van der Waals surface area contributed by atoms with Crippen molar-refractivity contribution in [1.29, 1.82) is 0 Å². The summed E-state index contributed by atoms with van der Waals surface area (Å²) in [6.45, 7) is 1.93. The van der Waals surface area contributed by atoms with E-state index >= 15 is 0 Å². The van der Waals surface area contributed by atoms with Gasteiger partial charge in [0.1, 0.15) is 5.82 Å². The van der Waals surface area contributed by atoms with Gasteiger partial charge in [-0.05, 0) is 36.2 Å². The van der Waals surface area contributed by atoms with E-state index in [1.165, 1.54) is 6.07 Å². The summed E-state index contributed by atoms with van der Waals surface area (Å²) >= 11 is 6.02. The number of halogens is 2. The first kappa shape index (κ1) is 13.0. The second-order valence-corrected chi connectivity index (χ2v) is 4.62. The van der Waals surface area contributed by atoms with E-state index in [-0.39, 0.29) is 5.82 Å². The van der Waals surface area contributed by atoms with Gasteiger partial charge in [0.25, 0.3) is 0 Å². The van der Waals surface area contributed by atoms with Crippen molar-refractivity contribution in [2.24, 2.45) is 5.84 Å². The van der Waals surface area contributed by atoms with Crippen LogP contribution in [0.25, 0.3) is 0 Å². The summed E-state index contributed by atoms with van der Waals surface area (Å²) in [7, 11) is 0. The molecule has 18 heavy (non-hydrogen) atoms. The van der Waals surface area contributed by atoms with Gasteiger partial charge in [-0.15, -0.1) is 0 Å². The first-order valence-corrected chi connectivity index (χ1v) is 5.97. The molecule has 2 aromatic carbocycles. The standard InChI is InChI=1S/C14H14ClFN2/c1-9-6-10(8-11(15)7-9)14(18-17)12-4-2-3-5-13(12)16/h2-8,14,18H,17H2,1H3. The minimum absolute atomic E-state index is 0.293. The van der Waals surface area contributed by atoms with Crippen molar-refractivity contribution < 1.29 is 4.39 Å². The molecule has 0 aliphatic heterocycles. The molecular formula is C14H14ClFN2. The number of nitrogens with one attached hydrogen (secondary N) is 1. The number of rotatable bonds is 3. The zero-order valence-corrected chi connectivity index (χ0v) is 10.7. The lowest BCUT2D eigenvalue weighted by Gasteiger charge is -2.18. The molecule has 0 aromatic heterocycles. The zero-order valence-electron chi connectivity index (χ0n) is 9.95. The van der Waals surface area contributed by atoms with Crippen LogP contribution in [0.3, 0.4) is 0 Å². The molecule has 0 saturated carbocycles. The van der Waals surface area contributed by atoms with Crippen LogP contribution in [0.5, 0.6) is 0 Å². The molecule has 1 atom stereocenters. The lowest BCUT2D eigenvalue weighted by Crippen LogP contribution is -2.29. The van der Waals surface area contributed by atoms with Crippen LogP contribution in [-0.4, -0.2) is 0 Å². The van der Waals surface area contributed by atoms with Crippen LogP contribution >= 0.6 is 11.6 Å². The van der Waals surface area contributed by atoms with E-state index in [1.807, 2.05) is 19.1 Å². The van der Waals surface area contributed by atoms with E-state index in [4.69, 9.17) is 17.4 Å². The predicted molar refractivity (Wildman–Crippen MR) is 71.8 cm³/mol. The number of hydrogen-bond acceptors (Lipinski definition) is 2. The van der Waals surface area contributed by atoms with Gasteiger partial charge < -0.3 is 0 Å². The number of hydrogen-bond donors (Lipinski definition) is 2. The van der Waals surface area contributed by atoms with E-state index in [1.54, 1.807) is 24.3 Å². The quantitative estimate of drug-likeness (QED) is 0.659. The lowest BCUT2D eigenvalue weighted by atomic mass is 9.97. The van der Waals surface area contributed by atoms with Crippen molar-refractivity contribution in [3.8, 4) is 0 Å². The largest absolute Gasteiger partial charge is 0.271 e. The predicted octanol–water partition coefficient (Wildman–Crippen LogP) is 3.34. The highest BCUT2D eigenvalue weighted by Crippen LogP contribution is 2.26. The van der Waals surface area contributed by atoms with Crippen molar-refractivity contribution in [3.63, 3.8) is 0 Å². The Bertz CT molecular complexity index is 537. The molecule has 0 heterocycles. The molecule has 0 spiro atoms. The van der Waals surface area contributed by atoms with Crippen molar-refractivity contribution in [3.05, 3.63) is 70.0 Å². The lowest BCUT2D eigenvalue weighted by molar-refractivity contribution is 0.560. The van der Waals surface area contributed by atoms with Crippen LogP contribution in [0, 0.1) is 12.7 Å². The summed E-state index contributed by atoms with van der Waals surface area (Å²) in [6, 6.07) is 11.7. The highest BCUT2D eigenvalue weighted by molar-refractivity contribution is 6.30. The van der Waals surface area contributed by atoms with Gasteiger partial charge >= 0.3 is 0 Å². The molecular weight excluding hydrogens is 251 g/mol. The van der Waals surface area contributed by atoms with Gasteiger partial charge in [0.05, 0.1) is 6.04 Å². The van der Waals surface area contributed by atoms with Crippen molar-refractivity contribution >= 4 is 11.6 Å². The molecule has 2 nitrogen and oxygen atoms in total. The summed E-state index contributed by atoms with van der Waals surface area (Å²) in [6.07, 6.45) is 0. The fourth-order valence-corrected chi connectivity index (χ4v) is 2.30. The first-order chi connectivity index (χ1) is 8.61. The average molecular weight is 265 g/mol. The van der Waals surface area contributed by atoms with E-state index in [9.17, 15) is 4.39 Å². The summed E-state index contributed by atoms with van der Waals surface area (Å²) in [5.74, 6) is 5.25. The molecule has 0 saturated heterocycles. The molecule has 0 amide bonds. The zero-order chi connectivity index (χ0) is 13.1. The number of aryl methyl sites for hydroxylation is 1. The molecule has 4 heteroatoms. The van der Waals surface area contributed by atoms with Crippen LogP contribution < -0.4 is 11.3 Å². The second-order valence-electron chi connectivity index (χ2n) is 4.18. The third kappa shape index (κ3) is 2.70. The maximum Gasteiger partial charge on any atom is 0.128 e. The summed E-state index contributed by atoms with van der Waals surface area (Å²) in [5, 5.41) is 0.613. The molecule has 2 rings (SSSR count). The maximum absolute atomic E-state index is 13.8. The SMILES string of the molecule is Cc1cc(Cl)cc(C(NN)c2ccccc2F)c1. The maximum atomic E-state index is 13.8. The third-order valence-corrected chi connectivity index (χ3v) is 3.00. The fourth-order valence-electron chi connectivity index (χ4n) is 2.01. The summed E-state index contributed by atoms with van der Waals surface area (Å²) in [5.41, 5.74) is 4.98. The van der Waals surface area contributed by atoms with E-state index in [0.29, 0.717) is 10.6 Å². The molecule has 0 radical (unpaired) electrons. The molecule has 0 bridgehead atoms. The van der Waals surface area contributed by atoms with Gasteiger partial charge in [0, 0.05) is 10.6 Å². The first-order valence-electron chi connectivity index (χ1n) is 5.59. The number of benzene rings is 2. The van der Waals surface area contributed by atoms with Gasteiger partial charge in [-0.25, -0.2) is 9.82 Å². The highest BCUT2D eigenvalue weighted by atomic mass is 35.5. The normalized spacial score (nSPS) is 12.4. The van der Waals surface area contributed by atoms with Crippen LogP contribution in [0.15, 0.2) is 42.5 Å². The van der Waals surface area contributed by atoms with Gasteiger partial charge in [0.2, 0.25) is 0 Å². The Morgan fingerprint density at radius 3 is 2.56 bits per heavy atom. The number of nitrogens with two attached hydrogens (primary N) is 1. The smallest absolute Gasteiger partial charge is 0.128 e. The third-order valence-electron chi connectivity index (χ3n) is 2.78. The molecule has 1 unspecified atom stereocenters. The van der Waals surface area contributed by atoms with Crippen molar-refractivity contribution in [2.75, 3.05) is 0 Å². The minimum Gasteiger partial charge on any atom is -0.271 e. The van der Waals surface area contributed by atoms with Crippen LogP contribution in [0.4, 0.5) is 4.39 Å². The van der Waals surface area contributed by atoms with Gasteiger partial charge in [0.15, 0.2) is 0 Å². The Hall–Kier alpha value is -1.42. The molecule has 2 aromatic rings. The van der Waals surface area contributed by atoms with E-state index in [0.717, 1.165) is 11.1 Å². The Labute approximate surface area is 111 Å². The Morgan fingerprint density at radius 1 is 1.22 bits per heavy atom. The van der Waals surface area contributed by atoms with Gasteiger partial charge in [-0.2, -0.15) is 0 Å². The van der Waals surface area contributed by atoms with Crippen LogP contribution in [-0.2, 0) is 0 Å². The van der Waals surface area contributed by atoms with Gasteiger partial charge in [-0.3, -0.25) is 5.84 Å². The molecule has 0 aliphatic carbocycles. The minimum atomic E-state index is -0.413. The summed E-state index contributed by atoms with van der Waals surface area (Å²) in [4.78, 5) is 0. The molecule has 3 N–H and O–H groups in total. The molecule has 0 fully saturated rings. The highest BCUT2D eigenvalue weighted by Gasteiger charge is 2.16. The van der Waals surface area contributed by atoms with Gasteiger partial charge in [-0.1, -0.05) is 35.9 Å². The average Bonchev–Trinajstić information content (AvgIpc) is 2.31. The Kier molecular flexibility index (Phi) is 3.97. The van der Waals surface area contributed by atoms with Crippen LogP contribution in [0.1, 0.15) is 22.7 Å². The van der Waals surface area contributed by atoms with Crippen molar-refractivity contribution in [2.45, 2.75) is 13.0 Å². The van der Waals surface area contributed by atoms with Crippen molar-refractivity contribution in [1.82, 2.24) is 5.43 Å². The van der Waals surface area contributed by atoms with E-state index < -0.39 is 6.04 Å². The topological polar surface area (TPSA) is 38.0 Å².